The van der Waals surface area contributed by atoms with Gasteiger partial charge in [0.25, 0.3) is 0 Å². The van der Waals surface area contributed by atoms with Gasteiger partial charge in [-0.15, -0.1) is 0 Å². The fourth-order valence-corrected chi connectivity index (χ4v) is 2.13. The lowest BCUT2D eigenvalue weighted by Crippen LogP contribution is -2.45. The molecule has 1 aromatic rings. The number of hydrogen-bond donors (Lipinski definition) is 1. The molecule has 2 rings (SSSR count). The average molecular weight is 251 g/mol. The second-order valence-electron chi connectivity index (χ2n) is 4.67. The number of rotatable bonds is 6. The molecule has 0 saturated heterocycles. The molecule has 5 heteroatoms. The summed E-state index contributed by atoms with van der Waals surface area (Å²) < 4.78 is 11.0. The smallest absolute Gasteiger partial charge is 0.218 e. The van der Waals surface area contributed by atoms with E-state index in [1.54, 1.807) is 7.11 Å². The predicted molar refractivity (Wildman–Crippen MR) is 70.0 cm³/mol. The standard InChI is InChI=1S/C13H21N3O2/c1-4-18-12-8-11(15-10(2)16-12)14-9-13(17-3)6-5-7-13/h8H,4-7,9H2,1-3H3,(H,14,15,16). The number of hydrogen-bond acceptors (Lipinski definition) is 5. The summed E-state index contributed by atoms with van der Waals surface area (Å²) in [5.41, 5.74) is -0.00929. The normalized spacial score (nSPS) is 17.1. The average Bonchev–Trinajstić information content (AvgIpc) is 2.28. The zero-order valence-corrected chi connectivity index (χ0v) is 11.3. The first-order valence-electron chi connectivity index (χ1n) is 6.45. The van der Waals surface area contributed by atoms with Crippen molar-refractivity contribution >= 4 is 5.82 Å². The number of ether oxygens (including phenoxy) is 2. The van der Waals surface area contributed by atoms with Gasteiger partial charge in [0.15, 0.2) is 0 Å². The summed E-state index contributed by atoms with van der Waals surface area (Å²) in [6, 6.07) is 1.83. The Morgan fingerprint density at radius 1 is 1.39 bits per heavy atom. The molecule has 0 unspecified atom stereocenters. The Labute approximate surface area is 108 Å². The van der Waals surface area contributed by atoms with Gasteiger partial charge in [-0.1, -0.05) is 0 Å². The Balaban J connectivity index is 2.00. The Kier molecular flexibility index (Phi) is 4.01. The van der Waals surface area contributed by atoms with Crippen molar-refractivity contribution in [2.75, 3.05) is 25.6 Å². The first-order chi connectivity index (χ1) is 8.67. The first kappa shape index (κ1) is 13.1. The van der Waals surface area contributed by atoms with E-state index < -0.39 is 0 Å². The summed E-state index contributed by atoms with van der Waals surface area (Å²) in [7, 11) is 1.78. The van der Waals surface area contributed by atoms with E-state index in [1.807, 2.05) is 19.9 Å². The SMILES string of the molecule is CCOc1cc(NCC2(OC)CCC2)nc(C)n1. The van der Waals surface area contributed by atoms with Gasteiger partial charge >= 0.3 is 0 Å². The van der Waals surface area contributed by atoms with E-state index >= 15 is 0 Å². The molecule has 0 amide bonds. The van der Waals surface area contributed by atoms with Crippen LogP contribution in [0.15, 0.2) is 6.07 Å². The third-order valence-corrected chi connectivity index (χ3v) is 3.40. The van der Waals surface area contributed by atoms with Gasteiger partial charge in [0.1, 0.15) is 11.6 Å². The van der Waals surface area contributed by atoms with Crippen LogP contribution in [0.2, 0.25) is 0 Å². The first-order valence-corrected chi connectivity index (χ1v) is 6.45. The lowest BCUT2D eigenvalue weighted by Gasteiger charge is -2.40. The summed E-state index contributed by atoms with van der Waals surface area (Å²) in [4.78, 5) is 8.57. The number of aryl methyl sites for hydroxylation is 1. The van der Waals surface area contributed by atoms with Gasteiger partial charge < -0.3 is 14.8 Å². The number of anilines is 1. The highest BCUT2D eigenvalue weighted by Gasteiger charge is 2.36. The van der Waals surface area contributed by atoms with Gasteiger partial charge in [-0.2, -0.15) is 4.98 Å². The van der Waals surface area contributed by atoms with Crippen LogP contribution in [-0.4, -0.2) is 35.8 Å². The zero-order valence-electron chi connectivity index (χ0n) is 11.3. The Bertz CT molecular complexity index is 400. The minimum absolute atomic E-state index is 0.00929. The van der Waals surface area contributed by atoms with Crippen LogP contribution in [0.1, 0.15) is 32.0 Å². The van der Waals surface area contributed by atoms with Crippen molar-refractivity contribution in [1.29, 1.82) is 0 Å². The predicted octanol–water partition coefficient (Wildman–Crippen LogP) is 2.16. The Hall–Kier alpha value is -1.36. The maximum absolute atomic E-state index is 5.57. The molecule has 1 aliphatic rings. The molecule has 1 aliphatic carbocycles. The molecule has 1 aromatic heterocycles. The summed E-state index contributed by atoms with van der Waals surface area (Å²) in [6.45, 7) is 5.20. The molecule has 0 aromatic carbocycles. The largest absolute Gasteiger partial charge is 0.478 e. The quantitative estimate of drug-likeness (QED) is 0.839. The van der Waals surface area contributed by atoms with Crippen LogP contribution >= 0.6 is 0 Å². The van der Waals surface area contributed by atoms with Crippen molar-refractivity contribution < 1.29 is 9.47 Å². The van der Waals surface area contributed by atoms with Gasteiger partial charge in [0, 0.05) is 19.7 Å². The summed E-state index contributed by atoms with van der Waals surface area (Å²) >= 11 is 0. The molecule has 1 fully saturated rings. The van der Waals surface area contributed by atoms with Crippen LogP contribution in [0.25, 0.3) is 0 Å². The summed E-state index contributed by atoms with van der Waals surface area (Å²) in [5, 5.41) is 3.32. The Morgan fingerprint density at radius 3 is 2.72 bits per heavy atom. The Morgan fingerprint density at radius 2 is 2.17 bits per heavy atom. The fourth-order valence-electron chi connectivity index (χ4n) is 2.13. The van der Waals surface area contributed by atoms with E-state index in [0.29, 0.717) is 18.3 Å². The fraction of sp³-hybridized carbons (Fsp3) is 0.692. The highest BCUT2D eigenvalue weighted by Crippen LogP contribution is 2.35. The van der Waals surface area contributed by atoms with E-state index in [4.69, 9.17) is 9.47 Å². The van der Waals surface area contributed by atoms with Gasteiger partial charge in [-0.05, 0) is 33.1 Å². The van der Waals surface area contributed by atoms with E-state index in [-0.39, 0.29) is 5.60 Å². The van der Waals surface area contributed by atoms with Crippen LogP contribution in [0, 0.1) is 6.92 Å². The second-order valence-corrected chi connectivity index (χ2v) is 4.67. The second kappa shape index (κ2) is 5.52. The van der Waals surface area contributed by atoms with Crippen molar-refractivity contribution in [3.63, 3.8) is 0 Å². The van der Waals surface area contributed by atoms with Gasteiger partial charge in [0.2, 0.25) is 5.88 Å². The number of nitrogens with zero attached hydrogens (tertiary/aromatic N) is 2. The highest BCUT2D eigenvalue weighted by atomic mass is 16.5. The van der Waals surface area contributed by atoms with Crippen LogP contribution < -0.4 is 10.1 Å². The van der Waals surface area contributed by atoms with Gasteiger partial charge in [0.05, 0.1) is 12.2 Å². The monoisotopic (exact) mass is 251 g/mol. The van der Waals surface area contributed by atoms with Gasteiger partial charge in [-0.25, -0.2) is 4.98 Å². The van der Waals surface area contributed by atoms with E-state index in [9.17, 15) is 0 Å². The molecule has 1 heterocycles. The van der Waals surface area contributed by atoms with E-state index in [0.717, 1.165) is 25.2 Å². The van der Waals surface area contributed by atoms with Crippen molar-refractivity contribution in [2.24, 2.45) is 0 Å². The third kappa shape index (κ3) is 2.90. The zero-order chi connectivity index (χ0) is 13.0. The number of nitrogens with one attached hydrogen (secondary N) is 1. The maximum Gasteiger partial charge on any atom is 0.218 e. The molecule has 1 N–H and O–H groups in total. The number of aromatic nitrogens is 2. The highest BCUT2D eigenvalue weighted by molar-refractivity contribution is 5.39. The third-order valence-electron chi connectivity index (χ3n) is 3.40. The number of methoxy groups -OCH3 is 1. The minimum atomic E-state index is -0.00929. The molecule has 1 saturated carbocycles. The molecule has 0 bridgehead atoms. The van der Waals surface area contributed by atoms with Crippen molar-refractivity contribution in [1.82, 2.24) is 9.97 Å². The molecule has 100 valence electrons. The van der Waals surface area contributed by atoms with Crippen LogP contribution in [0.5, 0.6) is 5.88 Å². The summed E-state index contributed by atoms with van der Waals surface area (Å²) in [5.74, 6) is 2.13. The van der Waals surface area contributed by atoms with E-state index in [1.165, 1.54) is 6.42 Å². The molecule has 18 heavy (non-hydrogen) atoms. The minimum Gasteiger partial charge on any atom is -0.478 e. The van der Waals surface area contributed by atoms with Crippen LogP contribution in [0.3, 0.4) is 0 Å². The van der Waals surface area contributed by atoms with Gasteiger partial charge in [-0.3, -0.25) is 0 Å². The molecule has 0 radical (unpaired) electrons. The molecule has 5 nitrogen and oxygen atoms in total. The van der Waals surface area contributed by atoms with Crippen LogP contribution in [-0.2, 0) is 4.74 Å². The van der Waals surface area contributed by atoms with Crippen LogP contribution in [0.4, 0.5) is 5.82 Å². The van der Waals surface area contributed by atoms with E-state index in [2.05, 4.69) is 15.3 Å². The molecule has 0 spiro atoms. The summed E-state index contributed by atoms with van der Waals surface area (Å²) in [6.07, 6.45) is 3.46. The topological polar surface area (TPSA) is 56.3 Å². The molecular formula is C13H21N3O2. The molecule has 0 atom stereocenters. The van der Waals surface area contributed by atoms with Crippen molar-refractivity contribution in [3.8, 4) is 5.88 Å². The van der Waals surface area contributed by atoms with Crippen molar-refractivity contribution in [2.45, 2.75) is 38.7 Å². The lowest BCUT2D eigenvalue weighted by atomic mass is 9.80. The maximum atomic E-state index is 5.57. The molecule has 0 aliphatic heterocycles. The molecular weight excluding hydrogens is 230 g/mol. The lowest BCUT2D eigenvalue weighted by molar-refractivity contribution is -0.0601. The van der Waals surface area contributed by atoms with Crippen molar-refractivity contribution in [3.05, 3.63) is 11.9 Å².